The summed E-state index contributed by atoms with van der Waals surface area (Å²) in [5, 5.41) is 13.0. The van der Waals surface area contributed by atoms with Crippen LogP contribution in [0, 0.1) is 13.8 Å². The van der Waals surface area contributed by atoms with Crippen molar-refractivity contribution in [3.05, 3.63) is 46.2 Å². The number of carboxylic acids is 1. The monoisotopic (exact) mass is 250 g/mol. The molecule has 0 spiro atoms. The van der Waals surface area contributed by atoms with E-state index >= 15 is 0 Å². The van der Waals surface area contributed by atoms with E-state index in [0.29, 0.717) is 0 Å². The molecule has 5 heteroatoms. The van der Waals surface area contributed by atoms with Crippen molar-refractivity contribution in [1.29, 1.82) is 0 Å². The predicted molar refractivity (Wildman–Crippen MR) is 65.0 cm³/mol. The smallest absolute Gasteiger partial charge is 0.340 e. The van der Waals surface area contributed by atoms with Gasteiger partial charge in [-0.1, -0.05) is 23.7 Å². The number of aryl methyl sites for hydroxylation is 2. The van der Waals surface area contributed by atoms with E-state index in [2.05, 4.69) is 5.10 Å². The van der Waals surface area contributed by atoms with Crippen LogP contribution < -0.4 is 0 Å². The molecule has 0 amide bonds. The lowest BCUT2D eigenvalue weighted by atomic mass is 10.1. The quantitative estimate of drug-likeness (QED) is 0.892. The molecular weight excluding hydrogens is 240 g/mol. The van der Waals surface area contributed by atoms with Crippen molar-refractivity contribution in [2.45, 2.75) is 13.8 Å². The molecular formula is C12H11ClN2O2. The first-order valence-corrected chi connectivity index (χ1v) is 5.43. The van der Waals surface area contributed by atoms with Crippen LogP contribution in [-0.2, 0) is 0 Å². The van der Waals surface area contributed by atoms with Gasteiger partial charge in [-0.2, -0.15) is 5.10 Å². The van der Waals surface area contributed by atoms with Crippen molar-refractivity contribution in [1.82, 2.24) is 9.78 Å². The molecule has 0 radical (unpaired) electrons. The Kier molecular flexibility index (Phi) is 2.90. The maximum Gasteiger partial charge on any atom is 0.340 e. The minimum absolute atomic E-state index is 0.00701. The van der Waals surface area contributed by atoms with Gasteiger partial charge in [0.1, 0.15) is 10.7 Å². The molecule has 0 fully saturated rings. The summed E-state index contributed by atoms with van der Waals surface area (Å²) in [4.78, 5) is 10.9. The fourth-order valence-electron chi connectivity index (χ4n) is 1.59. The minimum Gasteiger partial charge on any atom is -0.478 e. The van der Waals surface area contributed by atoms with Gasteiger partial charge in [-0.15, -0.1) is 0 Å². The second-order valence-corrected chi connectivity index (χ2v) is 4.21. The average Bonchev–Trinajstić information content (AvgIpc) is 2.64. The lowest BCUT2D eigenvalue weighted by Crippen LogP contribution is -2.01. The molecule has 0 saturated carbocycles. The molecule has 88 valence electrons. The highest BCUT2D eigenvalue weighted by molar-refractivity contribution is 6.32. The summed E-state index contributed by atoms with van der Waals surface area (Å²) in [6.45, 7) is 3.88. The van der Waals surface area contributed by atoms with Crippen LogP contribution >= 0.6 is 11.6 Å². The van der Waals surface area contributed by atoms with Gasteiger partial charge in [-0.25, -0.2) is 9.48 Å². The van der Waals surface area contributed by atoms with Gasteiger partial charge in [0.25, 0.3) is 0 Å². The average molecular weight is 251 g/mol. The maximum absolute atomic E-state index is 10.9. The highest BCUT2D eigenvalue weighted by atomic mass is 35.5. The van der Waals surface area contributed by atoms with Gasteiger partial charge in [0.05, 0.1) is 11.9 Å². The summed E-state index contributed by atoms with van der Waals surface area (Å²) in [5.41, 5.74) is 2.85. The van der Waals surface area contributed by atoms with Gasteiger partial charge < -0.3 is 5.11 Å². The molecule has 0 aliphatic carbocycles. The number of rotatable bonds is 2. The number of halogens is 1. The SMILES string of the molecule is Cc1ccc(C)c(-n2ncc(C(=O)O)c2Cl)c1. The minimum atomic E-state index is -1.08. The largest absolute Gasteiger partial charge is 0.478 e. The van der Waals surface area contributed by atoms with E-state index in [4.69, 9.17) is 16.7 Å². The second kappa shape index (κ2) is 4.22. The number of nitrogens with zero attached hydrogens (tertiary/aromatic N) is 2. The van der Waals surface area contributed by atoms with Crippen LogP contribution in [0.25, 0.3) is 5.69 Å². The third-order valence-electron chi connectivity index (χ3n) is 2.53. The van der Waals surface area contributed by atoms with Crippen LogP contribution in [0.5, 0.6) is 0 Å². The molecule has 17 heavy (non-hydrogen) atoms. The number of hydrogen-bond acceptors (Lipinski definition) is 2. The molecule has 1 aromatic heterocycles. The van der Waals surface area contributed by atoms with E-state index in [1.165, 1.54) is 10.9 Å². The first kappa shape index (κ1) is 11.7. The lowest BCUT2D eigenvalue weighted by molar-refractivity contribution is 0.0697. The van der Waals surface area contributed by atoms with E-state index in [-0.39, 0.29) is 10.7 Å². The standard InChI is InChI=1S/C12H11ClN2O2/c1-7-3-4-8(2)10(5-7)15-11(13)9(6-14-15)12(16)17/h3-6H,1-2H3,(H,16,17). The van der Waals surface area contributed by atoms with Crippen molar-refractivity contribution in [3.63, 3.8) is 0 Å². The highest BCUT2D eigenvalue weighted by Crippen LogP contribution is 2.23. The van der Waals surface area contributed by atoms with Gasteiger partial charge in [0, 0.05) is 0 Å². The molecule has 2 rings (SSSR count). The first-order valence-electron chi connectivity index (χ1n) is 5.05. The summed E-state index contributed by atoms with van der Waals surface area (Å²) in [7, 11) is 0. The number of carboxylic acid groups (broad SMARTS) is 1. The van der Waals surface area contributed by atoms with E-state index in [9.17, 15) is 4.79 Å². The van der Waals surface area contributed by atoms with Gasteiger partial charge >= 0.3 is 5.97 Å². The summed E-state index contributed by atoms with van der Waals surface area (Å²) in [6, 6.07) is 5.84. The van der Waals surface area contributed by atoms with Gasteiger partial charge in [-0.05, 0) is 31.0 Å². The van der Waals surface area contributed by atoms with Crippen LogP contribution in [0.3, 0.4) is 0 Å². The Hall–Kier alpha value is -1.81. The molecule has 1 aromatic carbocycles. The normalized spacial score (nSPS) is 10.5. The first-order chi connectivity index (χ1) is 8.00. The molecule has 4 nitrogen and oxygen atoms in total. The Labute approximate surface area is 103 Å². The van der Waals surface area contributed by atoms with Crippen molar-refractivity contribution in [3.8, 4) is 5.69 Å². The Balaban J connectivity index is 2.61. The van der Waals surface area contributed by atoms with Crippen molar-refractivity contribution in [2.75, 3.05) is 0 Å². The second-order valence-electron chi connectivity index (χ2n) is 3.86. The molecule has 0 unspecified atom stereocenters. The fourth-order valence-corrected chi connectivity index (χ4v) is 1.86. The zero-order chi connectivity index (χ0) is 12.6. The topological polar surface area (TPSA) is 55.1 Å². The molecule has 2 aromatic rings. The van der Waals surface area contributed by atoms with Crippen LogP contribution in [0.15, 0.2) is 24.4 Å². The molecule has 0 saturated heterocycles. The summed E-state index contributed by atoms with van der Waals surface area (Å²) in [5.74, 6) is -1.08. The van der Waals surface area contributed by atoms with Crippen molar-refractivity contribution >= 4 is 17.6 Å². The fraction of sp³-hybridized carbons (Fsp3) is 0.167. The molecule has 1 N–H and O–H groups in total. The summed E-state index contributed by atoms with van der Waals surface area (Å²) < 4.78 is 1.44. The van der Waals surface area contributed by atoms with Crippen LogP contribution in [0.1, 0.15) is 21.5 Å². The molecule has 0 atom stereocenters. The molecule has 0 aliphatic heterocycles. The van der Waals surface area contributed by atoms with Gasteiger partial charge in [-0.3, -0.25) is 0 Å². The maximum atomic E-state index is 10.9. The zero-order valence-corrected chi connectivity index (χ0v) is 10.2. The number of aromatic carboxylic acids is 1. The summed E-state index contributed by atoms with van der Waals surface area (Å²) >= 11 is 6.00. The Morgan fingerprint density at radius 1 is 1.41 bits per heavy atom. The number of hydrogen-bond donors (Lipinski definition) is 1. The van der Waals surface area contributed by atoms with Crippen molar-refractivity contribution < 1.29 is 9.90 Å². The third kappa shape index (κ3) is 2.03. The molecule has 1 heterocycles. The number of carbonyl (C=O) groups is 1. The molecule has 0 bridgehead atoms. The van der Waals surface area contributed by atoms with Crippen LogP contribution in [-0.4, -0.2) is 20.9 Å². The Bertz CT molecular complexity index is 590. The lowest BCUT2D eigenvalue weighted by Gasteiger charge is -2.08. The Morgan fingerprint density at radius 3 is 2.71 bits per heavy atom. The number of benzene rings is 1. The van der Waals surface area contributed by atoms with E-state index in [1.807, 2.05) is 32.0 Å². The third-order valence-corrected chi connectivity index (χ3v) is 2.90. The van der Waals surface area contributed by atoms with E-state index in [1.54, 1.807) is 0 Å². The predicted octanol–water partition coefficient (Wildman–Crippen LogP) is 2.84. The highest BCUT2D eigenvalue weighted by Gasteiger charge is 2.16. The number of aromatic nitrogens is 2. The molecule has 0 aliphatic rings. The van der Waals surface area contributed by atoms with Crippen LogP contribution in [0.2, 0.25) is 5.15 Å². The van der Waals surface area contributed by atoms with E-state index in [0.717, 1.165) is 16.8 Å². The summed E-state index contributed by atoms with van der Waals surface area (Å²) in [6.07, 6.45) is 1.26. The van der Waals surface area contributed by atoms with Gasteiger partial charge in [0.15, 0.2) is 0 Å². The van der Waals surface area contributed by atoms with Gasteiger partial charge in [0.2, 0.25) is 0 Å². The van der Waals surface area contributed by atoms with Crippen molar-refractivity contribution in [2.24, 2.45) is 0 Å². The van der Waals surface area contributed by atoms with E-state index < -0.39 is 5.97 Å². The Morgan fingerprint density at radius 2 is 2.12 bits per heavy atom. The van der Waals surface area contributed by atoms with Crippen LogP contribution in [0.4, 0.5) is 0 Å². The zero-order valence-electron chi connectivity index (χ0n) is 9.44.